The summed E-state index contributed by atoms with van der Waals surface area (Å²) in [6.07, 6.45) is -3.65. The van der Waals surface area contributed by atoms with E-state index in [9.17, 15) is 13.2 Å². The van der Waals surface area contributed by atoms with Crippen LogP contribution in [0.2, 0.25) is 0 Å². The van der Waals surface area contributed by atoms with Crippen molar-refractivity contribution in [1.82, 2.24) is 4.98 Å². The average molecular weight is 373 g/mol. The van der Waals surface area contributed by atoms with Crippen molar-refractivity contribution in [3.63, 3.8) is 0 Å². The molecule has 1 unspecified atom stereocenters. The molecule has 0 aromatic carbocycles. The zero-order chi connectivity index (χ0) is 19.8. The third-order valence-electron chi connectivity index (χ3n) is 4.91. The van der Waals surface area contributed by atoms with E-state index in [1.54, 1.807) is 6.07 Å². The van der Waals surface area contributed by atoms with Gasteiger partial charge in [-0.2, -0.15) is 13.2 Å². The Bertz CT molecular complexity index is 585. The lowest BCUT2D eigenvalue weighted by atomic mass is 9.80. The minimum atomic E-state index is -4.38. The van der Waals surface area contributed by atoms with Crippen LogP contribution in [-0.4, -0.2) is 35.6 Å². The zero-order valence-corrected chi connectivity index (χ0v) is 16.2. The molecule has 26 heavy (non-hydrogen) atoms. The van der Waals surface area contributed by atoms with Gasteiger partial charge in [0.15, 0.2) is 6.10 Å². The van der Waals surface area contributed by atoms with Gasteiger partial charge in [-0.3, -0.25) is 0 Å². The lowest BCUT2D eigenvalue weighted by Crippen LogP contribution is -2.41. The molecule has 1 aliphatic carbocycles. The number of rotatable bonds is 4. The summed E-state index contributed by atoms with van der Waals surface area (Å²) >= 11 is 0. The van der Waals surface area contributed by atoms with Crippen molar-refractivity contribution in [2.75, 3.05) is 0 Å². The Labute approximate surface area is 153 Å². The number of alkyl halides is 3. The Hall–Kier alpha value is -1.28. The Balaban J connectivity index is 0.00000117. The van der Waals surface area contributed by atoms with Crippen LogP contribution in [0.25, 0.3) is 0 Å². The predicted octanol–water partition coefficient (Wildman–Crippen LogP) is 4.13. The molecule has 2 aliphatic rings. The summed E-state index contributed by atoms with van der Waals surface area (Å²) in [4.78, 5) is 4.00. The highest BCUT2D eigenvalue weighted by atomic mass is 19.4. The molecule has 1 saturated heterocycles. The second kappa shape index (κ2) is 7.39. The highest BCUT2D eigenvalue weighted by Gasteiger charge is 2.52. The minimum absolute atomic E-state index is 0.0375. The van der Waals surface area contributed by atoms with Gasteiger partial charge in [0.1, 0.15) is 0 Å². The van der Waals surface area contributed by atoms with Crippen LogP contribution in [0, 0.1) is 5.92 Å². The Morgan fingerprint density at radius 3 is 2.04 bits per heavy atom. The van der Waals surface area contributed by atoms with Crippen molar-refractivity contribution in [3.8, 4) is 5.88 Å². The molecule has 1 saturated carbocycles. The molecule has 1 aromatic heterocycles. The number of hydrogen-bond donors (Lipinski definition) is 0. The van der Waals surface area contributed by atoms with Crippen molar-refractivity contribution in [2.45, 2.75) is 77.9 Å². The van der Waals surface area contributed by atoms with E-state index < -0.39 is 36.5 Å². The summed E-state index contributed by atoms with van der Waals surface area (Å²) in [5.74, 6) is -0.501. The average Bonchev–Trinajstić information content (AvgIpc) is 3.34. The molecule has 0 N–H and O–H groups in total. The summed E-state index contributed by atoms with van der Waals surface area (Å²) in [5, 5.41) is 0. The predicted molar refractivity (Wildman–Crippen MR) is 94.5 cm³/mol. The van der Waals surface area contributed by atoms with Crippen LogP contribution in [0.3, 0.4) is 0 Å². The SMILES string of the molecule is CC.CC1(C)OB(c2ccc(OC(C3CC3)C(F)(F)F)nc2)OC1(C)C. The number of hydrogen-bond acceptors (Lipinski definition) is 4. The van der Waals surface area contributed by atoms with Crippen molar-refractivity contribution in [1.29, 1.82) is 0 Å². The van der Waals surface area contributed by atoms with E-state index >= 15 is 0 Å². The molecule has 0 spiro atoms. The van der Waals surface area contributed by atoms with E-state index in [1.165, 1.54) is 12.3 Å². The van der Waals surface area contributed by atoms with E-state index in [4.69, 9.17) is 14.0 Å². The maximum absolute atomic E-state index is 13.0. The minimum Gasteiger partial charge on any atom is -0.464 e. The molecule has 146 valence electrons. The highest BCUT2D eigenvalue weighted by Crippen LogP contribution is 2.42. The van der Waals surface area contributed by atoms with Crippen LogP contribution < -0.4 is 10.2 Å². The molecular formula is C18H27BF3NO3. The number of aromatic nitrogens is 1. The Morgan fingerprint density at radius 2 is 1.65 bits per heavy atom. The summed E-state index contributed by atoms with van der Waals surface area (Å²) in [6, 6.07) is 3.06. The molecule has 3 rings (SSSR count). The maximum Gasteiger partial charge on any atom is 0.496 e. The summed E-state index contributed by atoms with van der Waals surface area (Å²) in [6.45, 7) is 11.7. The molecule has 0 amide bonds. The summed E-state index contributed by atoms with van der Waals surface area (Å²) < 4.78 is 55.9. The van der Waals surface area contributed by atoms with E-state index in [-0.39, 0.29) is 5.88 Å². The number of nitrogens with zero attached hydrogens (tertiary/aromatic N) is 1. The quantitative estimate of drug-likeness (QED) is 0.745. The third kappa shape index (κ3) is 4.52. The second-order valence-electron chi connectivity index (χ2n) is 7.44. The van der Waals surface area contributed by atoms with E-state index in [0.29, 0.717) is 18.3 Å². The lowest BCUT2D eigenvalue weighted by Gasteiger charge is -2.32. The first-order valence-corrected chi connectivity index (χ1v) is 9.04. The highest BCUT2D eigenvalue weighted by molar-refractivity contribution is 6.62. The number of pyridine rings is 1. The van der Waals surface area contributed by atoms with E-state index in [1.807, 2.05) is 41.5 Å². The molecule has 0 bridgehead atoms. The smallest absolute Gasteiger partial charge is 0.464 e. The Kier molecular flexibility index (Phi) is 5.98. The molecule has 1 aliphatic heterocycles. The fraction of sp³-hybridized carbons (Fsp3) is 0.722. The number of ether oxygens (including phenoxy) is 1. The molecule has 0 radical (unpaired) electrons. The van der Waals surface area contributed by atoms with Gasteiger partial charge >= 0.3 is 13.3 Å². The van der Waals surface area contributed by atoms with Gasteiger partial charge in [-0.1, -0.05) is 19.9 Å². The van der Waals surface area contributed by atoms with Crippen LogP contribution in [0.1, 0.15) is 54.4 Å². The van der Waals surface area contributed by atoms with Gasteiger partial charge in [-0.15, -0.1) is 0 Å². The van der Waals surface area contributed by atoms with Crippen LogP contribution >= 0.6 is 0 Å². The monoisotopic (exact) mass is 373 g/mol. The fourth-order valence-electron chi connectivity index (χ4n) is 2.54. The molecule has 8 heteroatoms. The largest absolute Gasteiger partial charge is 0.496 e. The van der Waals surface area contributed by atoms with Crippen LogP contribution in [0.15, 0.2) is 18.3 Å². The van der Waals surface area contributed by atoms with Gasteiger partial charge in [0, 0.05) is 17.6 Å². The third-order valence-corrected chi connectivity index (χ3v) is 4.91. The van der Waals surface area contributed by atoms with E-state index in [0.717, 1.165) is 0 Å². The standard InChI is InChI=1S/C16H21BF3NO3.C2H6/c1-14(2)15(3,4)24-17(23-14)11-7-8-12(21-9-11)22-13(10-5-6-10)16(18,19)20;1-2/h7-10,13H,5-6H2,1-4H3;1-2H3. The van der Waals surface area contributed by atoms with Crippen molar-refractivity contribution < 1.29 is 27.2 Å². The molecule has 2 heterocycles. The molecule has 2 fully saturated rings. The van der Waals surface area contributed by atoms with Gasteiger partial charge in [0.25, 0.3) is 0 Å². The first-order valence-electron chi connectivity index (χ1n) is 9.04. The van der Waals surface area contributed by atoms with E-state index in [2.05, 4.69) is 4.98 Å². The van der Waals surface area contributed by atoms with Gasteiger partial charge in [0.05, 0.1) is 11.2 Å². The van der Waals surface area contributed by atoms with Gasteiger partial charge in [0.2, 0.25) is 5.88 Å². The van der Waals surface area contributed by atoms with Crippen molar-refractivity contribution in [3.05, 3.63) is 18.3 Å². The molecular weight excluding hydrogens is 346 g/mol. The van der Waals surface area contributed by atoms with Crippen LogP contribution in [0.5, 0.6) is 5.88 Å². The maximum atomic E-state index is 13.0. The zero-order valence-electron chi connectivity index (χ0n) is 16.2. The summed E-state index contributed by atoms with van der Waals surface area (Å²) in [5.41, 5.74) is -0.323. The fourth-order valence-corrected chi connectivity index (χ4v) is 2.54. The molecule has 4 nitrogen and oxygen atoms in total. The van der Waals surface area contributed by atoms with Gasteiger partial charge in [-0.25, -0.2) is 4.98 Å². The van der Waals surface area contributed by atoms with Crippen molar-refractivity contribution >= 4 is 12.6 Å². The molecule has 1 atom stereocenters. The van der Waals surface area contributed by atoms with Gasteiger partial charge in [-0.05, 0) is 46.6 Å². The van der Waals surface area contributed by atoms with Crippen LogP contribution in [-0.2, 0) is 9.31 Å². The topological polar surface area (TPSA) is 40.6 Å². The first kappa shape index (κ1) is 21.0. The lowest BCUT2D eigenvalue weighted by molar-refractivity contribution is -0.201. The first-order chi connectivity index (χ1) is 12.0. The second-order valence-corrected chi connectivity index (χ2v) is 7.44. The number of halogens is 3. The molecule has 1 aromatic rings. The van der Waals surface area contributed by atoms with Gasteiger partial charge < -0.3 is 14.0 Å². The van der Waals surface area contributed by atoms with Crippen LogP contribution in [0.4, 0.5) is 13.2 Å². The normalized spacial score (nSPS) is 22.4. The summed E-state index contributed by atoms with van der Waals surface area (Å²) in [7, 11) is -0.599. The van der Waals surface area contributed by atoms with Crippen molar-refractivity contribution in [2.24, 2.45) is 5.92 Å². The Morgan fingerprint density at radius 1 is 1.12 bits per heavy atom.